The molecular formula is C14H20N2O2. The van der Waals surface area contributed by atoms with Gasteiger partial charge in [-0.3, -0.25) is 4.79 Å². The van der Waals surface area contributed by atoms with Crippen molar-refractivity contribution in [3.8, 4) is 0 Å². The van der Waals surface area contributed by atoms with Gasteiger partial charge in [0.25, 0.3) is 5.91 Å². The van der Waals surface area contributed by atoms with E-state index in [0.717, 1.165) is 12.0 Å². The van der Waals surface area contributed by atoms with Gasteiger partial charge in [0, 0.05) is 17.9 Å². The summed E-state index contributed by atoms with van der Waals surface area (Å²) in [6.45, 7) is 6.60. The molecule has 1 aliphatic heterocycles. The number of nitrogens with one attached hydrogen (secondary N) is 1. The van der Waals surface area contributed by atoms with Gasteiger partial charge in [-0.2, -0.15) is 0 Å². The standard InChI is InChI=1S/C14H20N2O2/c1-9-4-5-11(15)8-12(9)13(17)16-14(3)6-7-18-10(14)2/h4-5,8,10H,6-7,15H2,1-3H3,(H,16,17). The maximum absolute atomic E-state index is 12.3. The second-order valence-electron chi connectivity index (χ2n) is 5.21. The number of amides is 1. The number of carbonyl (C=O) groups excluding carboxylic acids is 1. The van der Waals surface area contributed by atoms with Crippen molar-refractivity contribution in [1.82, 2.24) is 5.32 Å². The van der Waals surface area contributed by atoms with Crippen LogP contribution in [0.15, 0.2) is 18.2 Å². The second-order valence-corrected chi connectivity index (χ2v) is 5.21. The van der Waals surface area contributed by atoms with Gasteiger partial charge in [-0.1, -0.05) is 6.07 Å². The molecule has 1 fully saturated rings. The summed E-state index contributed by atoms with van der Waals surface area (Å²) < 4.78 is 5.52. The SMILES string of the molecule is Cc1ccc(N)cc1C(=O)NC1(C)CCOC1C. The third-order valence-corrected chi connectivity index (χ3v) is 3.79. The first-order valence-corrected chi connectivity index (χ1v) is 6.22. The highest BCUT2D eigenvalue weighted by molar-refractivity contribution is 5.97. The van der Waals surface area contributed by atoms with Crippen molar-refractivity contribution in [2.75, 3.05) is 12.3 Å². The van der Waals surface area contributed by atoms with Crippen molar-refractivity contribution >= 4 is 11.6 Å². The second kappa shape index (κ2) is 4.61. The number of hydrogen-bond donors (Lipinski definition) is 2. The minimum atomic E-state index is -0.297. The topological polar surface area (TPSA) is 64.4 Å². The third-order valence-electron chi connectivity index (χ3n) is 3.79. The van der Waals surface area contributed by atoms with Crippen LogP contribution < -0.4 is 11.1 Å². The molecule has 4 nitrogen and oxygen atoms in total. The van der Waals surface area contributed by atoms with Crippen LogP contribution in [0.4, 0.5) is 5.69 Å². The molecule has 18 heavy (non-hydrogen) atoms. The van der Waals surface area contributed by atoms with Gasteiger partial charge in [-0.05, 0) is 44.9 Å². The molecule has 2 atom stereocenters. The molecule has 1 saturated heterocycles. The van der Waals surface area contributed by atoms with Crippen LogP contribution in [0.2, 0.25) is 0 Å². The molecule has 2 unspecified atom stereocenters. The molecule has 0 aliphatic carbocycles. The lowest BCUT2D eigenvalue weighted by molar-refractivity contribution is 0.0727. The van der Waals surface area contributed by atoms with Crippen LogP contribution in [0.1, 0.15) is 36.2 Å². The number of ether oxygens (including phenoxy) is 1. The van der Waals surface area contributed by atoms with E-state index in [1.54, 1.807) is 12.1 Å². The van der Waals surface area contributed by atoms with Gasteiger partial charge < -0.3 is 15.8 Å². The van der Waals surface area contributed by atoms with Gasteiger partial charge in [0.15, 0.2) is 0 Å². The summed E-state index contributed by atoms with van der Waals surface area (Å²) in [5, 5.41) is 3.07. The maximum atomic E-state index is 12.3. The van der Waals surface area contributed by atoms with Crippen molar-refractivity contribution < 1.29 is 9.53 Å². The average Bonchev–Trinajstić information content (AvgIpc) is 2.62. The largest absolute Gasteiger partial charge is 0.399 e. The van der Waals surface area contributed by atoms with E-state index < -0.39 is 0 Å². The minimum Gasteiger partial charge on any atom is -0.399 e. The highest BCUT2D eigenvalue weighted by Gasteiger charge is 2.38. The number of anilines is 1. The van der Waals surface area contributed by atoms with Gasteiger partial charge in [0.05, 0.1) is 11.6 Å². The Hall–Kier alpha value is -1.55. The van der Waals surface area contributed by atoms with E-state index in [-0.39, 0.29) is 17.6 Å². The predicted molar refractivity (Wildman–Crippen MR) is 71.5 cm³/mol. The van der Waals surface area contributed by atoms with Crippen molar-refractivity contribution in [2.24, 2.45) is 0 Å². The lowest BCUT2D eigenvalue weighted by Gasteiger charge is -2.29. The van der Waals surface area contributed by atoms with Gasteiger partial charge in [0.1, 0.15) is 0 Å². The smallest absolute Gasteiger partial charge is 0.252 e. The van der Waals surface area contributed by atoms with Crippen molar-refractivity contribution in [1.29, 1.82) is 0 Å². The van der Waals surface area contributed by atoms with Gasteiger partial charge in [-0.15, -0.1) is 0 Å². The van der Waals surface area contributed by atoms with E-state index in [1.807, 2.05) is 26.8 Å². The molecule has 1 amide bonds. The number of nitrogens with two attached hydrogens (primary N) is 1. The Bertz CT molecular complexity index is 473. The van der Waals surface area contributed by atoms with E-state index in [4.69, 9.17) is 10.5 Å². The Morgan fingerprint density at radius 1 is 1.56 bits per heavy atom. The molecule has 0 aromatic heterocycles. The number of carbonyl (C=O) groups is 1. The Morgan fingerprint density at radius 2 is 2.28 bits per heavy atom. The first kappa shape index (κ1) is 12.9. The van der Waals surface area contributed by atoms with E-state index in [9.17, 15) is 4.79 Å². The molecule has 1 aromatic carbocycles. The summed E-state index contributed by atoms with van der Waals surface area (Å²) in [5.41, 5.74) is 7.60. The first-order valence-electron chi connectivity index (χ1n) is 6.22. The summed E-state index contributed by atoms with van der Waals surface area (Å²) in [7, 11) is 0. The van der Waals surface area contributed by atoms with Gasteiger partial charge in [0.2, 0.25) is 0 Å². The molecule has 1 aromatic rings. The average molecular weight is 248 g/mol. The lowest BCUT2D eigenvalue weighted by Crippen LogP contribution is -2.50. The Balaban J connectivity index is 2.19. The Labute approximate surface area is 108 Å². The van der Waals surface area contributed by atoms with E-state index >= 15 is 0 Å². The molecule has 0 saturated carbocycles. The van der Waals surface area contributed by atoms with Crippen LogP contribution >= 0.6 is 0 Å². The van der Waals surface area contributed by atoms with Crippen molar-refractivity contribution in [3.63, 3.8) is 0 Å². The van der Waals surface area contributed by atoms with Crippen LogP contribution in [0.5, 0.6) is 0 Å². The number of rotatable bonds is 2. The maximum Gasteiger partial charge on any atom is 0.252 e. The fourth-order valence-corrected chi connectivity index (χ4v) is 2.21. The highest BCUT2D eigenvalue weighted by Crippen LogP contribution is 2.26. The van der Waals surface area contributed by atoms with E-state index in [0.29, 0.717) is 17.9 Å². The van der Waals surface area contributed by atoms with Crippen molar-refractivity contribution in [3.05, 3.63) is 29.3 Å². The number of hydrogen-bond acceptors (Lipinski definition) is 3. The zero-order valence-corrected chi connectivity index (χ0v) is 11.1. The van der Waals surface area contributed by atoms with Crippen LogP contribution in [-0.2, 0) is 4.74 Å². The quantitative estimate of drug-likeness (QED) is 0.785. The monoisotopic (exact) mass is 248 g/mol. The zero-order chi connectivity index (χ0) is 13.3. The number of nitrogen functional groups attached to an aromatic ring is 1. The molecule has 1 aliphatic rings. The summed E-state index contributed by atoms with van der Waals surface area (Å²) >= 11 is 0. The Morgan fingerprint density at radius 3 is 2.89 bits per heavy atom. The lowest BCUT2D eigenvalue weighted by atomic mass is 9.93. The normalized spacial score (nSPS) is 27.2. The molecule has 1 heterocycles. The number of benzene rings is 1. The molecule has 3 N–H and O–H groups in total. The van der Waals surface area contributed by atoms with Crippen LogP contribution in [0.25, 0.3) is 0 Å². The van der Waals surface area contributed by atoms with Crippen LogP contribution in [0.3, 0.4) is 0 Å². The van der Waals surface area contributed by atoms with E-state index in [2.05, 4.69) is 5.32 Å². The third kappa shape index (κ3) is 2.34. The minimum absolute atomic E-state index is 0.0304. The van der Waals surface area contributed by atoms with Crippen LogP contribution in [0, 0.1) is 6.92 Å². The fraction of sp³-hybridized carbons (Fsp3) is 0.500. The molecular weight excluding hydrogens is 228 g/mol. The molecule has 4 heteroatoms. The van der Waals surface area contributed by atoms with Crippen molar-refractivity contribution in [2.45, 2.75) is 38.8 Å². The van der Waals surface area contributed by atoms with Gasteiger partial charge >= 0.3 is 0 Å². The Kier molecular flexibility index (Phi) is 3.30. The van der Waals surface area contributed by atoms with E-state index in [1.165, 1.54) is 0 Å². The summed E-state index contributed by atoms with van der Waals surface area (Å²) in [4.78, 5) is 12.3. The first-order chi connectivity index (χ1) is 8.42. The zero-order valence-electron chi connectivity index (χ0n) is 11.1. The van der Waals surface area contributed by atoms with Crippen LogP contribution in [-0.4, -0.2) is 24.2 Å². The predicted octanol–water partition coefficient (Wildman–Crippen LogP) is 1.87. The molecule has 2 rings (SSSR count). The summed E-state index contributed by atoms with van der Waals surface area (Å²) in [5.74, 6) is -0.0837. The highest BCUT2D eigenvalue weighted by atomic mass is 16.5. The molecule has 0 bridgehead atoms. The number of aryl methyl sites for hydroxylation is 1. The molecule has 0 radical (unpaired) electrons. The van der Waals surface area contributed by atoms with Gasteiger partial charge in [-0.25, -0.2) is 0 Å². The molecule has 98 valence electrons. The summed E-state index contributed by atoms with van der Waals surface area (Å²) in [6, 6.07) is 5.38. The summed E-state index contributed by atoms with van der Waals surface area (Å²) in [6.07, 6.45) is 0.865. The fourth-order valence-electron chi connectivity index (χ4n) is 2.21. The molecule has 0 spiro atoms.